The van der Waals surface area contributed by atoms with Gasteiger partial charge < -0.3 is 5.32 Å². The maximum Gasteiger partial charge on any atom is 0.311 e. The molecule has 0 atom stereocenters. The number of hydrogen-bond donors (Lipinski definition) is 1. The molecule has 0 aliphatic rings. The summed E-state index contributed by atoms with van der Waals surface area (Å²) in [7, 11) is 0. The molecular formula is C10H10BrN3O2S. The van der Waals surface area contributed by atoms with Crippen molar-refractivity contribution in [2.75, 3.05) is 23.4 Å². The number of nitrogens with one attached hydrogen (secondary N) is 1. The Bertz CT molecular complexity index is 448. The zero-order valence-electron chi connectivity index (χ0n) is 8.85. The van der Waals surface area contributed by atoms with Crippen molar-refractivity contribution < 1.29 is 4.92 Å². The van der Waals surface area contributed by atoms with Crippen LogP contribution >= 0.6 is 27.7 Å². The van der Waals surface area contributed by atoms with Crippen LogP contribution in [0, 0.1) is 22.5 Å². The van der Waals surface area contributed by atoms with Crippen LogP contribution in [0.15, 0.2) is 16.9 Å². The minimum atomic E-state index is -0.464. The van der Waals surface area contributed by atoms with E-state index in [9.17, 15) is 10.1 Å². The number of anilines is 1. The van der Waals surface area contributed by atoms with Gasteiger partial charge in [-0.25, -0.2) is 0 Å². The van der Waals surface area contributed by atoms with Crippen LogP contribution in [-0.4, -0.2) is 28.0 Å². The molecule has 90 valence electrons. The number of rotatable bonds is 6. The molecular weight excluding hydrogens is 306 g/mol. The predicted octanol–water partition coefficient (Wildman–Crippen LogP) is 2.53. The minimum Gasteiger partial charge on any atom is -0.378 e. The first-order valence-electron chi connectivity index (χ1n) is 4.69. The SMILES string of the molecule is C#CCSCCNc1c(Br)cncc1[N+](=O)[O-]. The van der Waals surface area contributed by atoms with Gasteiger partial charge in [-0.3, -0.25) is 15.1 Å². The van der Waals surface area contributed by atoms with E-state index in [-0.39, 0.29) is 5.69 Å². The summed E-state index contributed by atoms with van der Waals surface area (Å²) < 4.78 is 0.577. The Hall–Kier alpha value is -1.26. The summed E-state index contributed by atoms with van der Waals surface area (Å²) in [6.45, 7) is 0.607. The van der Waals surface area contributed by atoms with Crippen LogP contribution in [0.5, 0.6) is 0 Å². The van der Waals surface area contributed by atoms with E-state index in [0.29, 0.717) is 22.5 Å². The first-order chi connectivity index (χ1) is 8.16. The second-order valence-electron chi connectivity index (χ2n) is 2.96. The fourth-order valence-corrected chi connectivity index (χ4v) is 2.09. The Labute approximate surface area is 112 Å². The summed E-state index contributed by atoms with van der Waals surface area (Å²) in [5.74, 6) is 3.94. The van der Waals surface area contributed by atoms with Gasteiger partial charge in [-0.2, -0.15) is 0 Å². The van der Waals surface area contributed by atoms with E-state index >= 15 is 0 Å². The fourth-order valence-electron chi connectivity index (χ4n) is 1.12. The second kappa shape index (κ2) is 7.14. The Morgan fingerprint density at radius 3 is 3.06 bits per heavy atom. The minimum absolute atomic E-state index is 0.0404. The van der Waals surface area contributed by atoms with Crippen LogP contribution in [0.4, 0.5) is 11.4 Å². The average Bonchev–Trinajstić information content (AvgIpc) is 2.30. The van der Waals surface area contributed by atoms with Crippen LogP contribution in [-0.2, 0) is 0 Å². The van der Waals surface area contributed by atoms with Crippen LogP contribution in [0.2, 0.25) is 0 Å². The normalized spacial score (nSPS) is 9.65. The van der Waals surface area contributed by atoms with Crippen molar-refractivity contribution >= 4 is 39.1 Å². The number of aromatic nitrogens is 1. The van der Waals surface area contributed by atoms with Crippen molar-refractivity contribution in [2.24, 2.45) is 0 Å². The Morgan fingerprint density at radius 2 is 2.41 bits per heavy atom. The van der Waals surface area contributed by atoms with Crippen LogP contribution in [0.3, 0.4) is 0 Å². The molecule has 0 aromatic carbocycles. The maximum absolute atomic E-state index is 10.8. The highest BCUT2D eigenvalue weighted by atomic mass is 79.9. The first kappa shape index (κ1) is 13.8. The van der Waals surface area contributed by atoms with Crippen molar-refractivity contribution in [1.82, 2.24) is 4.98 Å². The molecule has 7 heteroatoms. The van der Waals surface area contributed by atoms with E-state index in [4.69, 9.17) is 6.42 Å². The van der Waals surface area contributed by atoms with Crippen molar-refractivity contribution in [3.63, 3.8) is 0 Å². The molecule has 0 unspecified atom stereocenters. The van der Waals surface area contributed by atoms with E-state index < -0.39 is 4.92 Å². The highest BCUT2D eigenvalue weighted by Gasteiger charge is 2.16. The van der Waals surface area contributed by atoms with Gasteiger partial charge in [0.2, 0.25) is 0 Å². The van der Waals surface area contributed by atoms with E-state index in [1.165, 1.54) is 12.4 Å². The molecule has 1 aromatic heterocycles. The summed E-state index contributed by atoms with van der Waals surface area (Å²) >= 11 is 4.82. The maximum atomic E-state index is 10.8. The van der Waals surface area contributed by atoms with E-state index in [1.807, 2.05) is 0 Å². The first-order valence-corrected chi connectivity index (χ1v) is 6.64. The molecule has 1 rings (SSSR count). The number of thioether (sulfide) groups is 1. The monoisotopic (exact) mass is 315 g/mol. The van der Waals surface area contributed by atoms with Gasteiger partial charge in [-0.05, 0) is 15.9 Å². The number of nitrogens with zero attached hydrogens (tertiary/aromatic N) is 2. The van der Waals surface area contributed by atoms with Crippen LogP contribution < -0.4 is 5.32 Å². The zero-order chi connectivity index (χ0) is 12.7. The number of terminal acetylenes is 1. The molecule has 0 amide bonds. The van der Waals surface area contributed by atoms with Crippen molar-refractivity contribution in [3.05, 3.63) is 27.0 Å². The smallest absolute Gasteiger partial charge is 0.311 e. The summed E-state index contributed by atoms with van der Waals surface area (Å²) in [5, 5.41) is 13.8. The lowest BCUT2D eigenvalue weighted by Crippen LogP contribution is -2.07. The van der Waals surface area contributed by atoms with Crippen molar-refractivity contribution in [3.8, 4) is 12.3 Å². The number of nitro groups is 1. The Morgan fingerprint density at radius 1 is 1.65 bits per heavy atom. The van der Waals surface area contributed by atoms with E-state index in [2.05, 4.69) is 32.2 Å². The molecule has 0 aliphatic carbocycles. The van der Waals surface area contributed by atoms with Crippen LogP contribution in [0.25, 0.3) is 0 Å². The summed E-state index contributed by atoms with van der Waals surface area (Å²) in [6.07, 6.45) is 7.86. The lowest BCUT2D eigenvalue weighted by atomic mass is 10.3. The molecule has 17 heavy (non-hydrogen) atoms. The lowest BCUT2D eigenvalue weighted by Gasteiger charge is -2.07. The van der Waals surface area contributed by atoms with Gasteiger partial charge in [0.15, 0.2) is 0 Å². The molecule has 1 N–H and O–H groups in total. The van der Waals surface area contributed by atoms with E-state index in [1.54, 1.807) is 11.8 Å². The Kier molecular flexibility index (Phi) is 5.80. The molecule has 0 radical (unpaired) electrons. The summed E-state index contributed by atoms with van der Waals surface area (Å²) in [6, 6.07) is 0. The number of pyridine rings is 1. The zero-order valence-corrected chi connectivity index (χ0v) is 11.3. The molecule has 1 aromatic rings. The third-order valence-corrected chi connectivity index (χ3v) is 3.27. The van der Waals surface area contributed by atoms with Gasteiger partial charge in [0.05, 0.1) is 15.1 Å². The molecule has 0 saturated heterocycles. The topological polar surface area (TPSA) is 68.1 Å². The number of halogens is 1. The largest absolute Gasteiger partial charge is 0.378 e. The van der Waals surface area contributed by atoms with Gasteiger partial charge >= 0.3 is 5.69 Å². The number of hydrogen-bond acceptors (Lipinski definition) is 5. The predicted molar refractivity (Wildman–Crippen MR) is 73.2 cm³/mol. The molecule has 0 saturated carbocycles. The molecule has 5 nitrogen and oxygen atoms in total. The van der Waals surface area contributed by atoms with Gasteiger partial charge in [0.1, 0.15) is 11.9 Å². The van der Waals surface area contributed by atoms with E-state index in [0.717, 1.165) is 5.75 Å². The summed E-state index contributed by atoms with van der Waals surface area (Å²) in [4.78, 5) is 14.1. The molecule has 0 spiro atoms. The molecule has 0 fully saturated rings. The molecule has 0 bridgehead atoms. The third kappa shape index (κ3) is 4.24. The second-order valence-corrected chi connectivity index (χ2v) is 4.92. The van der Waals surface area contributed by atoms with Gasteiger partial charge in [-0.1, -0.05) is 5.92 Å². The fraction of sp³-hybridized carbons (Fsp3) is 0.300. The molecule has 1 heterocycles. The molecule has 0 aliphatic heterocycles. The standard InChI is InChI=1S/C10H10BrN3O2S/c1-2-4-17-5-3-13-10-8(11)6-12-7-9(10)14(15)16/h1,6-7H,3-5H2,(H,12,13). The van der Waals surface area contributed by atoms with Crippen molar-refractivity contribution in [1.29, 1.82) is 0 Å². The summed E-state index contributed by atoms with van der Waals surface area (Å²) in [5.41, 5.74) is 0.410. The third-order valence-electron chi connectivity index (χ3n) is 1.81. The van der Waals surface area contributed by atoms with Gasteiger partial charge in [0, 0.05) is 18.5 Å². The van der Waals surface area contributed by atoms with Gasteiger partial charge in [-0.15, -0.1) is 18.2 Å². The quantitative estimate of drug-likeness (QED) is 0.378. The van der Waals surface area contributed by atoms with Gasteiger partial charge in [0.25, 0.3) is 0 Å². The highest BCUT2D eigenvalue weighted by molar-refractivity contribution is 9.10. The van der Waals surface area contributed by atoms with Crippen molar-refractivity contribution in [2.45, 2.75) is 0 Å². The lowest BCUT2D eigenvalue weighted by molar-refractivity contribution is -0.384. The average molecular weight is 316 g/mol. The van der Waals surface area contributed by atoms with Crippen LogP contribution in [0.1, 0.15) is 0 Å². The Balaban J connectivity index is 2.63. The highest BCUT2D eigenvalue weighted by Crippen LogP contribution is 2.30.